The Labute approximate surface area is 236 Å². The number of imide groups is 2. The minimum atomic E-state index is -4.93. The van der Waals surface area contributed by atoms with Crippen LogP contribution in [0.2, 0.25) is 0 Å². The summed E-state index contributed by atoms with van der Waals surface area (Å²) in [6.45, 7) is 1.32. The number of hydrogen-bond donors (Lipinski definition) is 8. The van der Waals surface area contributed by atoms with E-state index in [1.807, 2.05) is 0 Å². The van der Waals surface area contributed by atoms with Gasteiger partial charge in [-0.15, -0.1) is 0 Å². The molecule has 1 saturated carbocycles. The molecule has 42 heavy (non-hydrogen) atoms. The van der Waals surface area contributed by atoms with Gasteiger partial charge < -0.3 is 39.3 Å². The average Bonchev–Trinajstić information content (AvgIpc) is 3.41. The van der Waals surface area contributed by atoms with Crippen LogP contribution in [0.15, 0.2) is 0 Å². The Kier molecular flexibility index (Phi) is 7.66. The molecule has 22 heteroatoms. The zero-order valence-electron chi connectivity index (χ0n) is 22.0. The number of fused-ring (bicyclic) bond motifs is 4. The van der Waals surface area contributed by atoms with Gasteiger partial charge in [0.05, 0.1) is 48.3 Å². The minimum absolute atomic E-state index is 0.284. The normalized spacial score (nSPS) is 42.2. The Hall–Kier alpha value is -2.06. The van der Waals surface area contributed by atoms with Crippen molar-refractivity contribution in [3.8, 4) is 0 Å². The molecule has 0 radical (unpaired) electrons. The molecule has 4 saturated heterocycles. The van der Waals surface area contributed by atoms with Crippen LogP contribution in [0, 0.1) is 10.8 Å². The van der Waals surface area contributed by atoms with E-state index in [9.17, 15) is 38.5 Å². The van der Waals surface area contributed by atoms with E-state index in [2.05, 4.69) is 19.7 Å². The number of carbonyl (C=O) groups is 4. The van der Waals surface area contributed by atoms with Crippen molar-refractivity contribution in [2.45, 2.75) is 75.6 Å². The van der Waals surface area contributed by atoms with Gasteiger partial charge in [0.1, 0.15) is 24.7 Å². The van der Waals surface area contributed by atoms with E-state index in [1.165, 1.54) is 13.8 Å². The third-order valence-corrected chi connectivity index (χ3v) is 9.83. The van der Waals surface area contributed by atoms with Crippen LogP contribution in [0.25, 0.3) is 0 Å². The Morgan fingerprint density at radius 1 is 0.762 bits per heavy atom. The van der Waals surface area contributed by atoms with Gasteiger partial charge in [-0.25, -0.2) is 18.7 Å². The van der Waals surface area contributed by atoms with Crippen molar-refractivity contribution in [1.29, 1.82) is 0 Å². The second-order valence-electron chi connectivity index (χ2n) is 11.1. The third-order valence-electron chi connectivity index (χ3n) is 8.86. The van der Waals surface area contributed by atoms with E-state index in [0.29, 0.717) is 0 Å². The zero-order chi connectivity index (χ0) is 31.2. The minimum Gasteiger partial charge on any atom is -0.390 e. The monoisotopic (exact) mass is 644 g/mol. The third kappa shape index (κ3) is 4.89. The standard InChI is InChI=1S/C20H30N4O16P2/c1-19-13(23(17(29)21-15(19)27)11-3-7(25)9(39-11)5-37-41(31,32)33)14-20(19,2)16(28)22-18(30)24(14)12-4-8(26)10(40-12)6-38-42(34,35)36/h7-14,25-26H,3-6H2,1-2H3,(H,21,27,29)(H,22,28,30)(H2,31,32,33)(H2,34,35,36). The number of rotatable bonds is 8. The highest BCUT2D eigenvalue weighted by Gasteiger charge is 2.82. The maximum absolute atomic E-state index is 13.3. The van der Waals surface area contributed by atoms with Crippen molar-refractivity contribution in [2.75, 3.05) is 13.2 Å². The first-order valence-electron chi connectivity index (χ1n) is 12.6. The van der Waals surface area contributed by atoms with Gasteiger partial charge in [0.25, 0.3) is 0 Å². The molecular formula is C20H30N4O16P2. The molecule has 6 amide bonds. The summed E-state index contributed by atoms with van der Waals surface area (Å²) in [5.74, 6) is -1.67. The fraction of sp³-hybridized carbons (Fsp3) is 0.800. The quantitative estimate of drug-likeness (QED) is 0.122. The second kappa shape index (κ2) is 10.3. The van der Waals surface area contributed by atoms with Crippen molar-refractivity contribution >= 4 is 39.5 Å². The molecule has 20 nitrogen and oxygen atoms in total. The SMILES string of the molecule is CC12C(=O)NC(=O)N(C3CC(O)C(COP(=O)(O)O)O3)C1C1N(C3CC(O)C(COP(=O)(O)O)O3)C(=O)NC(=O)C12C. The summed E-state index contributed by atoms with van der Waals surface area (Å²) in [6, 6.07) is -4.50. The number of ether oxygens (including phenoxy) is 2. The first-order valence-corrected chi connectivity index (χ1v) is 15.7. The van der Waals surface area contributed by atoms with Crippen molar-refractivity contribution < 1.29 is 76.6 Å². The number of phosphoric acid groups is 2. The van der Waals surface area contributed by atoms with E-state index in [1.54, 1.807) is 0 Å². The molecule has 1 aliphatic carbocycles. The second-order valence-corrected chi connectivity index (χ2v) is 13.5. The number of phosphoric ester groups is 2. The van der Waals surface area contributed by atoms with Gasteiger partial charge in [0.15, 0.2) is 0 Å². The summed E-state index contributed by atoms with van der Waals surface area (Å²) in [7, 11) is -9.86. The molecule has 5 aliphatic rings. The molecule has 5 fully saturated rings. The number of aliphatic hydroxyl groups excluding tert-OH is 2. The number of nitrogens with one attached hydrogen (secondary N) is 2. The first kappa shape index (κ1) is 31.4. The number of hydrogen-bond acceptors (Lipinski definition) is 12. The number of urea groups is 2. The molecule has 4 heterocycles. The van der Waals surface area contributed by atoms with Crippen molar-refractivity contribution in [3.05, 3.63) is 0 Å². The van der Waals surface area contributed by atoms with Gasteiger partial charge in [-0.3, -0.25) is 39.1 Å². The maximum atomic E-state index is 13.3. The van der Waals surface area contributed by atoms with E-state index in [4.69, 9.17) is 29.0 Å². The van der Waals surface area contributed by atoms with Crippen molar-refractivity contribution in [1.82, 2.24) is 20.4 Å². The summed E-state index contributed by atoms with van der Waals surface area (Å²) in [5, 5.41) is 25.3. The van der Waals surface area contributed by atoms with Crippen molar-refractivity contribution in [2.24, 2.45) is 10.8 Å². The molecule has 4 aliphatic heterocycles. The molecule has 0 aromatic rings. The van der Waals surface area contributed by atoms with Gasteiger partial charge in [-0.1, -0.05) is 0 Å². The molecule has 0 bridgehead atoms. The van der Waals surface area contributed by atoms with Crippen LogP contribution in [0.4, 0.5) is 9.59 Å². The van der Waals surface area contributed by atoms with Gasteiger partial charge in [-0.2, -0.15) is 0 Å². The predicted octanol–water partition coefficient (Wildman–Crippen LogP) is -2.98. The summed E-state index contributed by atoms with van der Waals surface area (Å²) < 4.78 is 42.5. The van der Waals surface area contributed by atoms with Gasteiger partial charge >= 0.3 is 27.7 Å². The number of aliphatic hydroxyl groups is 2. The lowest BCUT2D eigenvalue weighted by Crippen LogP contribution is -2.92. The molecule has 10 atom stereocenters. The molecule has 0 aromatic heterocycles. The van der Waals surface area contributed by atoms with Gasteiger partial charge in [0.2, 0.25) is 11.8 Å². The zero-order valence-corrected chi connectivity index (χ0v) is 23.8. The molecule has 8 N–H and O–H groups in total. The molecule has 5 rings (SSSR count). The van der Waals surface area contributed by atoms with Crippen LogP contribution in [0.1, 0.15) is 26.7 Å². The van der Waals surface area contributed by atoms with Crippen LogP contribution in [-0.2, 0) is 37.2 Å². The Balaban J connectivity index is 1.46. The molecule has 0 aromatic carbocycles. The molecule has 236 valence electrons. The highest BCUT2D eigenvalue weighted by molar-refractivity contribution is 7.46. The smallest absolute Gasteiger partial charge is 0.390 e. The number of nitrogens with zero attached hydrogens (tertiary/aromatic N) is 2. The van der Waals surface area contributed by atoms with Gasteiger partial charge in [-0.05, 0) is 13.8 Å². The van der Waals surface area contributed by atoms with E-state index in [0.717, 1.165) is 9.80 Å². The highest BCUT2D eigenvalue weighted by atomic mass is 31.2. The highest BCUT2D eigenvalue weighted by Crippen LogP contribution is 2.64. The lowest BCUT2D eigenvalue weighted by atomic mass is 9.42. The molecule has 10 unspecified atom stereocenters. The fourth-order valence-electron chi connectivity index (χ4n) is 6.62. The van der Waals surface area contributed by atoms with Crippen LogP contribution < -0.4 is 10.6 Å². The molecular weight excluding hydrogens is 614 g/mol. The fourth-order valence-corrected chi connectivity index (χ4v) is 7.30. The summed E-state index contributed by atoms with van der Waals surface area (Å²) in [6.07, 6.45) is -8.47. The first-order chi connectivity index (χ1) is 19.3. The Bertz CT molecular complexity index is 1190. The molecule has 0 spiro atoms. The number of carbonyl (C=O) groups excluding carboxylic acids is 4. The predicted molar refractivity (Wildman–Crippen MR) is 129 cm³/mol. The van der Waals surface area contributed by atoms with E-state index >= 15 is 0 Å². The topological polar surface area (TPSA) is 291 Å². The Morgan fingerprint density at radius 2 is 1.10 bits per heavy atom. The summed E-state index contributed by atoms with van der Waals surface area (Å²) in [5.41, 5.74) is -3.35. The number of amides is 6. The summed E-state index contributed by atoms with van der Waals surface area (Å²) in [4.78, 5) is 91.1. The van der Waals surface area contributed by atoms with Crippen LogP contribution >= 0.6 is 15.6 Å². The van der Waals surface area contributed by atoms with Crippen molar-refractivity contribution in [3.63, 3.8) is 0 Å². The largest absolute Gasteiger partial charge is 0.469 e. The van der Waals surface area contributed by atoms with Gasteiger partial charge in [0, 0.05) is 12.8 Å². The van der Waals surface area contributed by atoms with Crippen LogP contribution in [0.3, 0.4) is 0 Å². The van der Waals surface area contributed by atoms with Crippen LogP contribution in [-0.4, -0.2) is 126 Å². The maximum Gasteiger partial charge on any atom is 0.469 e. The Morgan fingerprint density at radius 3 is 1.40 bits per heavy atom. The lowest BCUT2D eigenvalue weighted by molar-refractivity contribution is -0.242. The van der Waals surface area contributed by atoms with E-state index < -0.39 is 113 Å². The average molecular weight is 644 g/mol. The lowest BCUT2D eigenvalue weighted by Gasteiger charge is -2.72. The van der Waals surface area contributed by atoms with Crippen LogP contribution in [0.5, 0.6) is 0 Å². The summed E-state index contributed by atoms with van der Waals surface area (Å²) >= 11 is 0. The van der Waals surface area contributed by atoms with E-state index in [-0.39, 0.29) is 12.8 Å².